The molecule has 0 fully saturated rings. The molecule has 0 aliphatic rings. The van der Waals surface area contributed by atoms with Crippen molar-refractivity contribution < 1.29 is 0 Å². The van der Waals surface area contributed by atoms with Gasteiger partial charge in [0.05, 0.1) is 11.4 Å². The molecule has 0 spiro atoms. The first kappa shape index (κ1) is 12.0. The van der Waals surface area contributed by atoms with E-state index in [1.165, 1.54) is 16.2 Å². The first-order valence-corrected chi connectivity index (χ1v) is 7.33. The van der Waals surface area contributed by atoms with Crippen molar-refractivity contribution in [1.82, 2.24) is 20.0 Å². The Labute approximate surface area is 117 Å². The van der Waals surface area contributed by atoms with Gasteiger partial charge in [0.15, 0.2) is 5.69 Å². The zero-order valence-electron chi connectivity index (χ0n) is 10.1. The zero-order chi connectivity index (χ0) is 13.2. The highest BCUT2D eigenvalue weighted by molar-refractivity contribution is 7.12. The second-order valence-electron chi connectivity index (χ2n) is 3.94. The van der Waals surface area contributed by atoms with E-state index in [9.17, 15) is 0 Å². The summed E-state index contributed by atoms with van der Waals surface area (Å²) < 4.78 is 1.66. The van der Waals surface area contributed by atoms with Crippen LogP contribution in [0.3, 0.4) is 0 Å². The van der Waals surface area contributed by atoms with Crippen molar-refractivity contribution in [2.75, 3.05) is 0 Å². The largest absolute Gasteiger partial charge is 0.224 e. The Hall–Kier alpha value is -2.04. The van der Waals surface area contributed by atoms with Crippen LogP contribution in [0.2, 0.25) is 0 Å². The quantitative estimate of drug-likeness (QED) is 0.742. The average Bonchev–Trinajstić information content (AvgIpc) is 3.10. The van der Waals surface area contributed by atoms with E-state index < -0.39 is 0 Å². The van der Waals surface area contributed by atoms with E-state index in [4.69, 9.17) is 5.26 Å². The summed E-state index contributed by atoms with van der Waals surface area (Å²) in [5, 5.41) is 21.8. The predicted molar refractivity (Wildman–Crippen MR) is 73.6 cm³/mol. The van der Waals surface area contributed by atoms with Gasteiger partial charge in [0, 0.05) is 16.7 Å². The maximum atomic E-state index is 9.13. The molecular weight excluding hydrogens is 278 g/mol. The van der Waals surface area contributed by atoms with E-state index in [1.54, 1.807) is 16.0 Å². The second kappa shape index (κ2) is 4.91. The second-order valence-corrected chi connectivity index (χ2v) is 5.80. The van der Waals surface area contributed by atoms with Crippen molar-refractivity contribution >= 4 is 22.7 Å². The Morgan fingerprint density at radius 2 is 2.32 bits per heavy atom. The fourth-order valence-electron chi connectivity index (χ4n) is 1.72. The summed E-state index contributed by atoms with van der Waals surface area (Å²) in [6.45, 7) is 1.93. The van der Waals surface area contributed by atoms with Crippen LogP contribution in [0.5, 0.6) is 0 Å². The van der Waals surface area contributed by atoms with E-state index in [2.05, 4.69) is 21.4 Å². The standard InChI is InChI=1S/C12H9N5S2/c1-8-7-19-12(14-8)17-11(10(6-13)15-16-17)5-9-3-2-4-18-9/h2-4,7H,5H2,1H3. The highest BCUT2D eigenvalue weighted by Crippen LogP contribution is 2.21. The molecule has 0 bridgehead atoms. The molecular formula is C12H9N5S2. The maximum absolute atomic E-state index is 9.13. The molecule has 0 N–H and O–H groups in total. The molecule has 0 unspecified atom stereocenters. The van der Waals surface area contributed by atoms with Gasteiger partial charge in [-0.15, -0.1) is 27.8 Å². The summed E-state index contributed by atoms with van der Waals surface area (Å²) in [5.74, 6) is 0. The Morgan fingerprint density at radius 1 is 1.42 bits per heavy atom. The highest BCUT2D eigenvalue weighted by atomic mass is 32.1. The summed E-state index contributed by atoms with van der Waals surface area (Å²) in [5.41, 5.74) is 2.09. The van der Waals surface area contributed by atoms with Crippen LogP contribution in [-0.4, -0.2) is 20.0 Å². The topological polar surface area (TPSA) is 67.4 Å². The molecule has 0 radical (unpaired) electrons. The number of thiophene rings is 1. The first-order valence-electron chi connectivity index (χ1n) is 5.57. The fourth-order valence-corrected chi connectivity index (χ4v) is 3.20. The van der Waals surface area contributed by atoms with E-state index in [0.717, 1.165) is 16.5 Å². The fraction of sp³-hybridized carbons (Fsp3) is 0.167. The van der Waals surface area contributed by atoms with Gasteiger partial charge in [-0.2, -0.15) is 9.94 Å². The van der Waals surface area contributed by atoms with Crippen molar-refractivity contribution in [3.05, 3.63) is 44.9 Å². The molecule has 94 valence electrons. The van der Waals surface area contributed by atoms with Gasteiger partial charge in [0.2, 0.25) is 5.13 Å². The van der Waals surface area contributed by atoms with Crippen LogP contribution in [0.15, 0.2) is 22.9 Å². The molecule has 3 rings (SSSR count). The molecule has 0 saturated carbocycles. The van der Waals surface area contributed by atoms with Crippen molar-refractivity contribution in [1.29, 1.82) is 5.26 Å². The Bertz CT molecular complexity index is 733. The van der Waals surface area contributed by atoms with E-state index in [0.29, 0.717) is 12.1 Å². The van der Waals surface area contributed by atoms with Gasteiger partial charge in [-0.25, -0.2) is 4.98 Å². The van der Waals surface area contributed by atoms with Crippen LogP contribution in [-0.2, 0) is 6.42 Å². The van der Waals surface area contributed by atoms with E-state index in [-0.39, 0.29) is 0 Å². The highest BCUT2D eigenvalue weighted by Gasteiger charge is 2.16. The lowest BCUT2D eigenvalue weighted by molar-refractivity contribution is 0.766. The number of hydrogen-bond acceptors (Lipinski definition) is 6. The molecule has 0 saturated heterocycles. The summed E-state index contributed by atoms with van der Waals surface area (Å²) in [7, 11) is 0. The first-order chi connectivity index (χ1) is 9.28. The molecule has 3 heterocycles. The lowest BCUT2D eigenvalue weighted by Crippen LogP contribution is -2.03. The number of thiazole rings is 1. The van der Waals surface area contributed by atoms with Gasteiger partial charge in [-0.1, -0.05) is 11.3 Å². The van der Waals surface area contributed by atoms with Crippen LogP contribution >= 0.6 is 22.7 Å². The predicted octanol–water partition coefficient (Wildman–Crippen LogP) is 2.56. The average molecular weight is 287 g/mol. The van der Waals surface area contributed by atoms with Gasteiger partial charge in [-0.3, -0.25) is 0 Å². The lowest BCUT2D eigenvalue weighted by atomic mass is 10.2. The third-order valence-electron chi connectivity index (χ3n) is 2.58. The van der Waals surface area contributed by atoms with Crippen LogP contribution in [0, 0.1) is 18.3 Å². The van der Waals surface area contributed by atoms with Crippen molar-refractivity contribution in [2.24, 2.45) is 0 Å². The zero-order valence-corrected chi connectivity index (χ0v) is 11.7. The molecule has 3 aromatic rings. The van der Waals surface area contributed by atoms with Crippen LogP contribution < -0.4 is 0 Å². The van der Waals surface area contributed by atoms with Gasteiger partial charge >= 0.3 is 0 Å². The molecule has 5 nitrogen and oxygen atoms in total. The van der Waals surface area contributed by atoms with Gasteiger partial charge in [0.1, 0.15) is 6.07 Å². The normalized spacial score (nSPS) is 10.5. The third kappa shape index (κ3) is 2.28. The molecule has 7 heteroatoms. The SMILES string of the molecule is Cc1csc(-n2nnc(C#N)c2Cc2cccs2)n1. The van der Waals surface area contributed by atoms with E-state index >= 15 is 0 Å². The Balaban J connectivity index is 2.06. The number of rotatable bonds is 3. The molecule has 0 atom stereocenters. The number of aromatic nitrogens is 4. The van der Waals surface area contributed by atoms with Gasteiger partial charge in [-0.05, 0) is 18.4 Å². The lowest BCUT2D eigenvalue weighted by Gasteiger charge is -2.01. The number of nitriles is 1. The minimum atomic E-state index is 0.362. The minimum Gasteiger partial charge on any atom is -0.224 e. The van der Waals surface area contributed by atoms with Crippen molar-refractivity contribution in [2.45, 2.75) is 13.3 Å². The van der Waals surface area contributed by atoms with E-state index in [1.807, 2.05) is 29.8 Å². The maximum Gasteiger partial charge on any atom is 0.212 e. The van der Waals surface area contributed by atoms with Gasteiger partial charge in [0.25, 0.3) is 0 Å². The number of nitrogens with zero attached hydrogens (tertiary/aromatic N) is 5. The summed E-state index contributed by atoms with van der Waals surface area (Å²) in [4.78, 5) is 5.57. The molecule has 0 aliphatic carbocycles. The number of aryl methyl sites for hydroxylation is 1. The Kier molecular flexibility index (Phi) is 3.11. The summed E-state index contributed by atoms with van der Waals surface area (Å²) in [6.07, 6.45) is 0.645. The smallest absolute Gasteiger partial charge is 0.212 e. The Morgan fingerprint density at radius 3 is 2.95 bits per heavy atom. The van der Waals surface area contributed by atoms with Crippen molar-refractivity contribution in [3.63, 3.8) is 0 Å². The molecule has 0 aliphatic heterocycles. The molecule has 0 aromatic carbocycles. The third-order valence-corrected chi connectivity index (χ3v) is 4.39. The van der Waals surface area contributed by atoms with Crippen LogP contribution in [0.1, 0.15) is 22.0 Å². The van der Waals surface area contributed by atoms with Crippen LogP contribution in [0.25, 0.3) is 5.13 Å². The minimum absolute atomic E-state index is 0.362. The number of hydrogen-bond donors (Lipinski definition) is 0. The molecule has 0 amide bonds. The summed E-state index contributed by atoms with van der Waals surface area (Å²) >= 11 is 3.15. The monoisotopic (exact) mass is 287 g/mol. The molecule has 19 heavy (non-hydrogen) atoms. The van der Waals surface area contributed by atoms with Gasteiger partial charge < -0.3 is 0 Å². The summed E-state index contributed by atoms with van der Waals surface area (Å²) in [6, 6.07) is 6.12. The molecule has 3 aromatic heterocycles. The van der Waals surface area contributed by atoms with Crippen LogP contribution in [0.4, 0.5) is 0 Å². The van der Waals surface area contributed by atoms with Crippen molar-refractivity contribution in [3.8, 4) is 11.2 Å².